The Labute approximate surface area is 131 Å². The van der Waals surface area contributed by atoms with E-state index >= 15 is 0 Å². The van der Waals surface area contributed by atoms with Crippen molar-refractivity contribution < 1.29 is 23.5 Å². The number of carboxylic acid groups (broad SMARTS) is 1. The van der Waals surface area contributed by atoms with Crippen molar-refractivity contribution in [2.75, 3.05) is 18.2 Å². The SMILES string of the molecule is C=NN(N=C)c1ccccc1C(=O)N(CCC(=O)O)CC(F)F. The number of halogens is 2. The van der Waals surface area contributed by atoms with Crippen molar-refractivity contribution in [3.63, 3.8) is 0 Å². The number of aliphatic carboxylic acids is 1. The van der Waals surface area contributed by atoms with Crippen LogP contribution in [-0.2, 0) is 4.79 Å². The van der Waals surface area contributed by atoms with Crippen molar-refractivity contribution in [1.29, 1.82) is 0 Å². The summed E-state index contributed by atoms with van der Waals surface area (Å²) in [4.78, 5) is 23.9. The van der Waals surface area contributed by atoms with Crippen LogP contribution in [0.4, 0.5) is 14.5 Å². The van der Waals surface area contributed by atoms with Crippen LogP contribution in [0, 0.1) is 0 Å². The molecule has 0 radical (unpaired) electrons. The molecule has 1 aromatic carbocycles. The average Bonchev–Trinajstić information content (AvgIpc) is 2.52. The average molecular weight is 326 g/mol. The van der Waals surface area contributed by atoms with Crippen LogP contribution in [0.1, 0.15) is 16.8 Å². The topological polar surface area (TPSA) is 85.6 Å². The largest absolute Gasteiger partial charge is 0.481 e. The number of nitrogens with zero attached hydrogens (tertiary/aromatic N) is 4. The zero-order valence-electron chi connectivity index (χ0n) is 12.2. The van der Waals surface area contributed by atoms with Gasteiger partial charge in [0.25, 0.3) is 12.3 Å². The molecule has 0 spiro atoms. The second-order valence-corrected chi connectivity index (χ2v) is 4.38. The van der Waals surface area contributed by atoms with Crippen LogP contribution in [0.3, 0.4) is 0 Å². The smallest absolute Gasteiger partial charge is 0.305 e. The highest BCUT2D eigenvalue weighted by molar-refractivity contribution is 6.00. The van der Waals surface area contributed by atoms with Crippen LogP contribution in [0.5, 0.6) is 0 Å². The van der Waals surface area contributed by atoms with E-state index in [0.717, 1.165) is 10.0 Å². The number of hydrazone groups is 2. The predicted molar refractivity (Wildman–Crippen MR) is 82.2 cm³/mol. The Morgan fingerprint density at radius 2 is 1.83 bits per heavy atom. The Morgan fingerprint density at radius 1 is 1.22 bits per heavy atom. The van der Waals surface area contributed by atoms with Crippen LogP contribution in [0.25, 0.3) is 0 Å². The molecule has 1 rings (SSSR count). The van der Waals surface area contributed by atoms with E-state index in [-0.39, 0.29) is 17.8 Å². The summed E-state index contributed by atoms with van der Waals surface area (Å²) in [5, 5.41) is 16.8. The molecule has 0 fully saturated rings. The van der Waals surface area contributed by atoms with Crippen LogP contribution < -0.4 is 5.12 Å². The summed E-state index contributed by atoms with van der Waals surface area (Å²) < 4.78 is 25.3. The molecule has 0 aliphatic rings. The highest BCUT2D eigenvalue weighted by Crippen LogP contribution is 2.23. The van der Waals surface area contributed by atoms with Gasteiger partial charge in [0.05, 0.1) is 24.2 Å². The molecule has 0 aromatic heterocycles. The lowest BCUT2D eigenvalue weighted by molar-refractivity contribution is -0.137. The molecule has 0 heterocycles. The minimum atomic E-state index is -2.79. The maximum absolute atomic E-state index is 12.7. The van der Waals surface area contributed by atoms with E-state index in [1.165, 1.54) is 12.1 Å². The molecule has 0 saturated heterocycles. The Kier molecular flexibility index (Phi) is 6.78. The third kappa shape index (κ3) is 5.13. The summed E-state index contributed by atoms with van der Waals surface area (Å²) in [5.74, 6) is -1.94. The Balaban J connectivity index is 3.14. The van der Waals surface area contributed by atoms with Crippen molar-refractivity contribution in [3.05, 3.63) is 29.8 Å². The highest BCUT2D eigenvalue weighted by atomic mass is 19.3. The van der Waals surface area contributed by atoms with Crippen molar-refractivity contribution in [2.45, 2.75) is 12.8 Å². The van der Waals surface area contributed by atoms with Gasteiger partial charge in [0.15, 0.2) is 0 Å². The number of rotatable bonds is 9. The standard InChI is InChI=1S/C14H16F2N4O3/c1-17-20(18-2)11-6-4-3-5-10(11)14(23)19(9-12(15)16)8-7-13(21)22/h3-6,12H,1-2,7-9H2,(H,21,22). The van der Waals surface area contributed by atoms with Gasteiger partial charge in [-0.1, -0.05) is 12.1 Å². The van der Waals surface area contributed by atoms with Crippen LogP contribution >= 0.6 is 0 Å². The Hall–Kier alpha value is -2.84. The molecule has 1 N–H and O–H groups in total. The minimum Gasteiger partial charge on any atom is -0.481 e. The fraction of sp³-hybridized carbons (Fsp3) is 0.286. The number of carbonyl (C=O) groups excluding carboxylic acids is 1. The van der Waals surface area contributed by atoms with Gasteiger partial charge in [0.1, 0.15) is 0 Å². The quantitative estimate of drug-likeness (QED) is 0.555. The monoisotopic (exact) mass is 326 g/mol. The molecule has 0 aliphatic carbocycles. The first-order valence-corrected chi connectivity index (χ1v) is 6.52. The first-order valence-electron chi connectivity index (χ1n) is 6.52. The normalized spacial score (nSPS) is 10.2. The molecule has 9 heteroatoms. The van der Waals surface area contributed by atoms with Crippen molar-refractivity contribution in [1.82, 2.24) is 4.90 Å². The molecule has 124 valence electrons. The van der Waals surface area contributed by atoms with E-state index < -0.39 is 31.3 Å². The number of amides is 1. The van der Waals surface area contributed by atoms with E-state index in [9.17, 15) is 18.4 Å². The number of hydrogen-bond acceptors (Lipinski definition) is 5. The molecule has 23 heavy (non-hydrogen) atoms. The lowest BCUT2D eigenvalue weighted by Gasteiger charge is -2.24. The number of alkyl halides is 2. The molecule has 0 atom stereocenters. The van der Waals surface area contributed by atoms with E-state index in [1.807, 2.05) is 0 Å². The Bertz CT molecular complexity index is 587. The number of benzene rings is 1. The summed E-state index contributed by atoms with van der Waals surface area (Å²) in [5.41, 5.74) is 0.246. The number of para-hydroxylation sites is 1. The van der Waals surface area contributed by atoms with Gasteiger partial charge >= 0.3 is 5.97 Å². The molecular weight excluding hydrogens is 310 g/mol. The van der Waals surface area contributed by atoms with Crippen LogP contribution in [0.2, 0.25) is 0 Å². The highest BCUT2D eigenvalue weighted by Gasteiger charge is 2.24. The molecule has 0 unspecified atom stereocenters. The van der Waals surface area contributed by atoms with Crippen molar-refractivity contribution in [3.8, 4) is 0 Å². The number of carbonyl (C=O) groups is 2. The molecule has 0 aliphatic heterocycles. The third-order valence-corrected chi connectivity index (χ3v) is 2.86. The van der Waals surface area contributed by atoms with E-state index in [0.29, 0.717) is 0 Å². The zero-order chi connectivity index (χ0) is 17.4. The zero-order valence-corrected chi connectivity index (χ0v) is 12.2. The van der Waals surface area contributed by atoms with Crippen LogP contribution in [-0.4, -0.2) is 54.8 Å². The van der Waals surface area contributed by atoms with Gasteiger partial charge in [-0.3, -0.25) is 9.59 Å². The third-order valence-electron chi connectivity index (χ3n) is 2.86. The summed E-state index contributed by atoms with van der Waals surface area (Å²) >= 11 is 0. The first kappa shape index (κ1) is 18.2. The fourth-order valence-corrected chi connectivity index (χ4v) is 1.87. The van der Waals surface area contributed by atoms with Gasteiger partial charge in [0.2, 0.25) is 0 Å². The summed E-state index contributed by atoms with van der Waals surface area (Å²) in [7, 11) is 0. The van der Waals surface area contributed by atoms with Gasteiger partial charge < -0.3 is 10.0 Å². The summed E-state index contributed by atoms with van der Waals surface area (Å²) in [6.07, 6.45) is -3.23. The Morgan fingerprint density at radius 3 is 2.35 bits per heavy atom. The van der Waals surface area contributed by atoms with E-state index in [1.54, 1.807) is 12.1 Å². The summed E-state index contributed by atoms with van der Waals surface area (Å²) in [6.45, 7) is 5.35. The fourth-order valence-electron chi connectivity index (χ4n) is 1.87. The van der Waals surface area contributed by atoms with Gasteiger partial charge in [-0.15, -0.1) is 0 Å². The molecule has 7 nitrogen and oxygen atoms in total. The maximum atomic E-state index is 12.7. The van der Waals surface area contributed by atoms with E-state index in [4.69, 9.17) is 5.11 Å². The molecular formula is C14H16F2N4O3. The molecule has 0 saturated carbocycles. The van der Waals surface area contributed by atoms with E-state index in [2.05, 4.69) is 23.6 Å². The second-order valence-electron chi connectivity index (χ2n) is 4.38. The summed E-state index contributed by atoms with van der Waals surface area (Å²) in [6, 6.07) is 6.04. The molecule has 1 aromatic rings. The lowest BCUT2D eigenvalue weighted by atomic mass is 10.1. The minimum absolute atomic E-state index is 0.0401. The van der Waals surface area contributed by atoms with Gasteiger partial charge in [0, 0.05) is 20.0 Å². The molecule has 1 amide bonds. The second kappa shape index (κ2) is 8.57. The van der Waals surface area contributed by atoms with Gasteiger partial charge in [-0.05, 0) is 12.1 Å². The van der Waals surface area contributed by atoms with Crippen LogP contribution in [0.15, 0.2) is 34.5 Å². The number of hydrogen-bond donors (Lipinski definition) is 1. The first-order chi connectivity index (χ1) is 10.9. The van der Waals surface area contributed by atoms with Gasteiger partial charge in [-0.2, -0.15) is 15.3 Å². The maximum Gasteiger partial charge on any atom is 0.305 e. The number of carboxylic acids is 1. The van der Waals surface area contributed by atoms with Gasteiger partial charge in [-0.25, -0.2) is 8.78 Å². The number of anilines is 1. The predicted octanol–water partition coefficient (Wildman–Crippen LogP) is 1.91. The lowest BCUT2D eigenvalue weighted by Crippen LogP contribution is -2.37. The van der Waals surface area contributed by atoms with Crippen molar-refractivity contribution >= 4 is 31.0 Å². The van der Waals surface area contributed by atoms with Crippen molar-refractivity contribution in [2.24, 2.45) is 10.2 Å². The molecule has 0 bridgehead atoms.